The summed E-state index contributed by atoms with van der Waals surface area (Å²) in [5.74, 6) is 0. The Morgan fingerprint density at radius 1 is 0.643 bits per heavy atom. The summed E-state index contributed by atoms with van der Waals surface area (Å²) in [6.45, 7) is 6.45. The number of benzene rings is 1. The van der Waals surface area contributed by atoms with Gasteiger partial charge in [-0.05, 0) is 37.1 Å². The molecule has 2 heteroatoms. The highest BCUT2D eigenvalue weighted by molar-refractivity contribution is 5.57. The van der Waals surface area contributed by atoms with E-state index >= 15 is 0 Å². The second-order valence-corrected chi connectivity index (χ2v) is 6.43. The molecule has 2 nitrogen and oxygen atoms in total. The Kier molecular flexibility index (Phi) is 9.30. The molecule has 28 heavy (non-hydrogen) atoms. The van der Waals surface area contributed by atoms with E-state index in [0.29, 0.717) is 0 Å². The van der Waals surface area contributed by atoms with Crippen LogP contribution < -0.4 is 9.47 Å². The van der Waals surface area contributed by atoms with Crippen molar-refractivity contribution < 1.29 is 4.57 Å². The van der Waals surface area contributed by atoms with Gasteiger partial charge in [-0.3, -0.25) is 0 Å². The van der Waals surface area contributed by atoms with Gasteiger partial charge < -0.3 is 4.90 Å². The van der Waals surface area contributed by atoms with Crippen LogP contribution >= 0.6 is 0 Å². The first-order valence-corrected chi connectivity index (χ1v) is 9.88. The first-order valence-electron chi connectivity index (χ1n) is 9.88. The molecule has 144 valence electrons. The van der Waals surface area contributed by atoms with Crippen molar-refractivity contribution in [3.05, 3.63) is 109 Å². The average Bonchev–Trinajstić information content (AvgIpc) is 2.72. The zero-order valence-electron chi connectivity index (χ0n) is 17.2. The van der Waals surface area contributed by atoms with Crippen LogP contribution in [0.2, 0.25) is 0 Å². The van der Waals surface area contributed by atoms with Crippen LogP contribution in [0.1, 0.15) is 25.0 Å². The Hall–Kier alpha value is -3.13. The second kappa shape index (κ2) is 12.3. The van der Waals surface area contributed by atoms with Gasteiger partial charge in [-0.2, -0.15) is 0 Å². The first kappa shape index (κ1) is 21.2. The van der Waals surface area contributed by atoms with E-state index in [0.717, 1.165) is 13.1 Å². The van der Waals surface area contributed by atoms with E-state index < -0.39 is 0 Å². The molecule has 1 heterocycles. The summed E-state index contributed by atoms with van der Waals surface area (Å²) in [6.07, 6.45) is 24.6. The second-order valence-electron chi connectivity index (χ2n) is 6.43. The van der Waals surface area contributed by atoms with Crippen LogP contribution in [0.3, 0.4) is 0 Å². The van der Waals surface area contributed by atoms with Crippen LogP contribution in [0.4, 0.5) is 5.69 Å². The Labute approximate surface area is 170 Å². The molecule has 0 radical (unpaired) electrons. The van der Waals surface area contributed by atoms with Gasteiger partial charge in [-0.1, -0.05) is 72.9 Å². The van der Waals surface area contributed by atoms with E-state index in [1.807, 2.05) is 66.5 Å². The summed E-state index contributed by atoms with van der Waals surface area (Å²) < 4.78 is 2.03. The lowest BCUT2D eigenvalue weighted by atomic mass is 10.2. The number of hydrogen-bond acceptors (Lipinski definition) is 1. The lowest BCUT2D eigenvalue weighted by Gasteiger charge is -2.20. The van der Waals surface area contributed by atoms with Crippen molar-refractivity contribution in [3.8, 4) is 0 Å². The maximum Gasteiger partial charge on any atom is 0.169 e. The normalized spacial score (nSPS) is 12.4. The minimum atomic E-state index is 1.04. The molecule has 2 rings (SSSR count). The zero-order valence-corrected chi connectivity index (χ0v) is 17.2. The van der Waals surface area contributed by atoms with Crippen molar-refractivity contribution in [2.45, 2.75) is 13.8 Å². The fraction of sp³-hybridized carbons (Fsp3) is 0.192. The average molecular weight is 372 g/mol. The fourth-order valence-corrected chi connectivity index (χ4v) is 2.73. The van der Waals surface area contributed by atoms with Crippen LogP contribution in [0.5, 0.6) is 0 Å². The van der Waals surface area contributed by atoms with E-state index in [1.54, 1.807) is 0 Å². The van der Waals surface area contributed by atoms with E-state index in [4.69, 9.17) is 0 Å². The van der Waals surface area contributed by atoms with E-state index in [9.17, 15) is 0 Å². The number of anilines is 1. The number of aromatic nitrogens is 1. The Morgan fingerprint density at radius 3 is 1.54 bits per heavy atom. The van der Waals surface area contributed by atoms with Crippen molar-refractivity contribution in [2.24, 2.45) is 7.05 Å². The molecule has 0 aliphatic carbocycles. The molecule has 0 saturated heterocycles. The van der Waals surface area contributed by atoms with Crippen molar-refractivity contribution in [3.63, 3.8) is 0 Å². The molecule has 0 fully saturated rings. The molecule has 0 aliphatic rings. The van der Waals surface area contributed by atoms with E-state index in [1.165, 1.54) is 16.8 Å². The number of pyridine rings is 1. The van der Waals surface area contributed by atoms with Gasteiger partial charge in [-0.25, -0.2) is 4.57 Å². The molecule has 1 aromatic carbocycles. The standard InChI is InChI=1S/C26H31N2/c1-4-28(5-2)26-18-16-24(17-19-26)14-12-10-8-6-7-9-11-13-15-25-20-22-27(3)23-21-25/h6-23H,4-5H2,1-3H3/q+1. The summed E-state index contributed by atoms with van der Waals surface area (Å²) in [5, 5.41) is 0. The molecule has 0 aliphatic heterocycles. The van der Waals surface area contributed by atoms with Crippen LogP contribution in [-0.4, -0.2) is 13.1 Å². The van der Waals surface area contributed by atoms with Gasteiger partial charge in [0.05, 0.1) is 0 Å². The lowest BCUT2D eigenvalue weighted by Crippen LogP contribution is -2.25. The van der Waals surface area contributed by atoms with Gasteiger partial charge in [0.25, 0.3) is 0 Å². The maximum atomic E-state index is 2.35. The molecule has 0 amide bonds. The molecule has 1 aromatic heterocycles. The number of nitrogens with zero attached hydrogens (tertiary/aromatic N) is 2. The van der Waals surface area contributed by atoms with Crippen molar-refractivity contribution in [1.82, 2.24) is 0 Å². The smallest absolute Gasteiger partial charge is 0.169 e. The number of rotatable bonds is 9. The lowest BCUT2D eigenvalue weighted by molar-refractivity contribution is -0.671. The Morgan fingerprint density at radius 2 is 1.07 bits per heavy atom. The largest absolute Gasteiger partial charge is 0.372 e. The summed E-state index contributed by atoms with van der Waals surface area (Å²) in [5.41, 5.74) is 3.69. The summed E-state index contributed by atoms with van der Waals surface area (Å²) in [4.78, 5) is 2.35. The van der Waals surface area contributed by atoms with Crippen LogP contribution in [-0.2, 0) is 7.05 Å². The predicted octanol–water partition coefficient (Wildman–Crippen LogP) is 5.75. The minimum absolute atomic E-state index is 1.04. The molecule has 0 saturated carbocycles. The monoisotopic (exact) mass is 371 g/mol. The highest BCUT2D eigenvalue weighted by atomic mass is 15.1. The van der Waals surface area contributed by atoms with Crippen molar-refractivity contribution >= 4 is 17.8 Å². The topological polar surface area (TPSA) is 7.12 Å². The van der Waals surface area contributed by atoms with Gasteiger partial charge in [0.2, 0.25) is 0 Å². The Bertz CT molecular complexity index is 831. The molecular formula is C26H31N2+. The third kappa shape index (κ3) is 7.63. The summed E-state index contributed by atoms with van der Waals surface area (Å²) >= 11 is 0. The summed E-state index contributed by atoms with van der Waals surface area (Å²) in [7, 11) is 2.02. The van der Waals surface area contributed by atoms with Crippen LogP contribution in [0.25, 0.3) is 12.2 Å². The SMILES string of the molecule is CCN(CC)c1ccc(/C=C/C=C/C=C/C=C/C=C/c2cc[n+](C)cc2)cc1. The Balaban J connectivity index is 1.75. The van der Waals surface area contributed by atoms with E-state index in [2.05, 4.69) is 73.4 Å². The minimum Gasteiger partial charge on any atom is -0.372 e. The quantitative estimate of drug-likeness (QED) is 0.402. The number of aryl methyl sites for hydroxylation is 1. The summed E-state index contributed by atoms with van der Waals surface area (Å²) in [6, 6.07) is 12.9. The number of hydrogen-bond donors (Lipinski definition) is 0. The molecule has 0 N–H and O–H groups in total. The molecule has 0 spiro atoms. The molecular weight excluding hydrogens is 340 g/mol. The highest BCUT2D eigenvalue weighted by Gasteiger charge is 1.99. The number of allylic oxidation sites excluding steroid dienone is 8. The van der Waals surface area contributed by atoms with Gasteiger partial charge in [0, 0.05) is 30.9 Å². The van der Waals surface area contributed by atoms with Crippen molar-refractivity contribution in [2.75, 3.05) is 18.0 Å². The molecule has 0 atom stereocenters. The first-order chi connectivity index (χ1) is 13.7. The molecule has 0 unspecified atom stereocenters. The zero-order chi connectivity index (χ0) is 20.0. The predicted molar refractivity (Wildman–Crippen MR) is 123 cm³/mol. The third-order valence-electron chi connectivity index (χ3n) is 4.38. The van der Waals surface area contributed by atoms with Gasteiger partial charge in [0.1, 0.15) is 7.05 Å². The highest BCUT2D eigenvalue weighted by Crippen LogP contribution is 2.15. The third-order valence-corrected chi connectivity index (χ3v) is 4.38. The van der Waals surface area contributed by atoms with Crippen LogP contribution in [0, 0.1) is 0 Å². The molecule has 0 bridgehead atoms. The van der Waals surface area contributed by atoms with Gasteiger partial charge >= 0.3 is 0 Å². The van der Waals surface area contributed by atoms with E-state index in [-0.39, 0.29) is 0 Å². The van der Waals surface area contributed by atoms with Crippen LogP contribution in [0.15, 0.2) is 97.4 Å². The molecule has 2 aromatic rings. The van der Waals surface area contributed by atoms with Gasteiger partial charge in [0.15, 0.2) is 12.4 Å². The van der Waals surface area contributed by atoms with Gasteiger partial charge in [-0.15, -0.1) is 0 Å². The maximum absolute atomic E-state index is 2.35. The fourth-order valence-electron chi connectivity index (χ4n) is 2.73. The van der Waals surface area contributed by atoms with Crippen molar-refractivity contribution in [1.29, 1.82) is 0 Å².